The van der Waals surface area contributed by atoms with Gasteiger partial charge in [0.1, 0.15) is 5.75 Å². The maximum absolute atomic E-state index is 12.4. The van der Waals surface area contributed by atoms with Crippen molar-refractivity contribution in [2.75, 3.05) is 30.8 Å². The number of sulfone groups is 1. The van der Waals surface area contributed by atoms with E-state index in [4.69, 9.17) is 0 Å². The Morgan fingerprint density at radius 2 is 1.70 bits per heavy atom. The number of ether oxygens (including phenoxy) is 1. The Kier molecular flexibility index (Phi) is 6.95. The average molecular weight is 473 g/mol. The molecule has 8 heteroatoms. The van der Waals surface area contributed by atoms with E-state index in [1.165, 1.54) is 11.8 Å². The summed E-state index contributed by atoms with van der Waals surface area (Å²) < 4.78 is 53.3. The molecule has 0 aromatic heterocycles. The second kappa shape index (κ2) is 9.89. The van der Waals surface area contributed by atoms with Crippen LogP contribution < -0.4 is 9.64 Å². The molecule has 4 rings (SSSR count). The molecule has 1 aliphatic heterocycles. The second-order valence-corrected chi connectivity index (χ2v) is 10.2. The highest BCUT2D eigenvalue weighted by Crippen LogP contribution is 2.31. The molecular formula is C25H26F2N2O3S. The zero-order chi connectivity index (χ0) is 23.4. The highest BCUT2D eigenvalue weighted by molar-refractivity contribution is 7.90. The van der Waals surface area contributed by atoms with Gasteiger partial charge in [-0.3, -0.25) is 4.90 Å². The van der Waals surface area contributed by atoms with Crippen LogP contribution in [0.3, 0.4) is 0 Å². The van der Waals surface area contributed by atoms with Gasteiger partial charge in [-0.15, -0.1) is 0 Å². The zero-order valence-corrected chi connectivity index (χ0v) is 19.1. The van der Waals surface area contributed by atoms with E-state index in [9.17, 15) is 17.2 Å². The first-order valence-corrected chi connectivity index (χ1v) is 12.6. The van der Waals surface area contributed by atoms with Gasteiger partial charge in [0.15, 0.2) is 9.84 Å². The van der Waals surface area contributed by atoms with Gasteiger partial charge in [0, 0.05) is 38.1 Å². The molecule has 5 nitrogen and oxygen atoms in total. The fraction of sp³-hybridized carbons (Fsp3) is 0.280. The van der Waals surface area contributed by atoms with Crippen LogP contribution in [0.15, 0.2) is 83.8 Å². The van der Waals surface area contributed by atoms with Crippen molar-refractivity contribution in [1.29, 1.82) is 0 Å². The van der Waals surface area contributed by atoms with Crippen molar-refractivity contribution in [3.8, 4) is 5.75 Å². The molecule has 0 spiro atoms. The molecule has 1 heterocycles. The monoisotopic (exact) mass is 472 g/mol. The summed E-state index contributed by atoms with van der Waals surface area (Å²) in [6, 6.07) is 24.1. The number of piperazine rings is 1. The summed E-state index contributed by atoms with van der Waals surface area (Å²) in [6.45, 7) is 0.0176. The number of benzene rings is 3. The average Bonchev–Trinajstić information content (AvgIpc) is 2.80. The van der Waals surface area contributed by atoms with Crippen molar-refractivity contribution >= 4 is 15.5 Å². The number of hydrogen-bond acceptors (Lipinski definition) is 5. The van der Waals surface area contributed by atoms with Crippen LogP contribution in [-0.4, -0.2) is 45.8 Å². The minimum Gasteiger partial charge on any atom is -0.435 e. The Bertz CT molecular complexity index is 1170. The van der Waals surface area contributed by atoms with Gasteiger partial charge in [-0.25, -0.2) is 8.42 Å². The molecule has 1 saturated heterocycles. The fourth-order valence-corrected chi connectivity index (χ4v) is 4.82. The lowest BCUT2D eigenvalue weighted by Crippen LogP contribution is -2.48. The van der Waals surface area contributed by atoms with Crippen molar-refractivity contribution in [2.45, 2.75) is 24.1 Å². The summed E-state index contributed by atoms with van der Waals surface area (Å²) in [7, 11) is -3.29. The van der Waals surface area contributed by atoms with Gasteiger partial charge in [0.05, 0.1) is 10.9 Å². The van der Waals surface area contributed by atoms with E-state index in [-0.39, 0.29) is 11.8 Å². The van der Waals surface area contributed by atoms with Gasteiger partial charge >= 0.3 is 6.61 Å². The van der Waals surface area contributed by atoms with Gasteiger partial charge in [0.2, 0.25) is 0 Å². The summed E-state index contributed by atoms with van der Waals surface area (Å²) in [5.41, 5.74) is 3.05. The molecule has 1 atom stereocenters. The van der Waals surface area contributed by atoms with Crippen LogP contribution in [-0.2, 0) is 16.4 Å². The molecule has 0 amide bonds. The molecule has 1 fully saturated rings. The lowest BCUT2D eigenvalue weighted by Gasteiger charge is -2.43. The lowest BCUT2D eigenvalue weighted by molar-refractivity contribution is -0.0498. The van der Waals surface area contributed by atoms with E-state index >= 15 is 0 Å². The molecule has 33 heavy (non-hydrogen) atoms. The third-order valence-electron chi connectivity index (χ3n) is 5.82. The Morgan fingerprint density at radius 3 is 2.36 bits per heavy atom. The predicted molar refractivity (Wildman–Crippen MR) is 124 cm³/mol. The molecule has 0 saturated carbocycles. The zero-order valence-electron chi connectivity index (χ0n) is 18.3. The van der Waals surface area contributed by atoms with Gasteiger partial charge < -0.3 is 9.64 Å². The Hall–Kier alpha value is -2.97. The maximum Gasteiger partial charge on any atom is 0.387 e. The van der Waals surface area contributed by atoms with Crippen LogP contribution in [0.25, 0.3) is 0 Å². The Balaban J connectivity index is 1.56. The van der Waals surface area contributed by atoms with Crippen LogP contribution in [0.1, 0.15) is 17.2 Å². The summed E-state index contributed by atoms with van der Waals surface area (Å²) in [4.78, 5) is 4.88. The third kappa shape index (κ3) is 5.89. The van der Waals surface area contributed by atoms with E-state index in [0.717, 1.165) is 24.3 Å². The van der Waals surface area contributed by atoms with E-state index in [2.05, 4.69) is 26.7 Å². The van der Waals surface area contributed by atoms with Crippen LogP contribution in [0, 0.1) is 0 Å². The Morgan fingerprint density at radius 1 is 0.970 bits per heavy atom. The van der Waals surface area contributed by atoms with Crippen molar-refractivity contribution < 1.29 is 21.9 Å². The molecule has 3 aromatic carbocycles. The third-order valence-corrected chi connectivity index (χ3v) is 6.93. The van der Waals surface area contributed by atoms with Gasteiger partial charge in [-0.2, -0.15) is 8.78 Å². The largest absolute Gasteiger partial charge is 0.435 e. The Labute approximate surface area is 193 Å². The van der Waals surface area contributed by atoms with Crippen LogP contribution in [0.4, 0.5) is 14.5 Å². The molecule has 0 bridgehead atoms. The number of anilines is 1. The van der Waals surface area contributed by atoms with E-state index in [0.29, 0.717) is 18.0 Å². The van der Waals surface area contributed by atoms with Crippen molar-refractivity contribution in [3.63, 3.8) is 0 Å². The maximum atomic E-state index is 12.4. The number of rotatable bonds is 7. The highest BCUT2D eigenvalue weighted by atomic mass is 32.2. The smallest absolute Gasteiger partial charge is 0.387 e. The summed E-state index contributed by atoms with van der Waals surface area (Å²) in [5.74, 6) is 0.143. The molecule has 1 aliphatic rings. The van der Waals surface area contributed by atoms with E-state index in [1.54, 1.807) is 30.3 Å². The predicted octanol–water partition coefficient (Wildman–Crippen LogP) is 4.76. The van der Waals surface area contributed by atoms with Gasteiger partial charge in [-0.1, -0.05) is 48.5 Å². The summed E-state index contributed by atoms with van der Waals surface area (Å²) in [5, 5.41) is 0. The minimum absolute atomic E-state index is 0.0823. The SMILES string of the molecule is CS(=O)(=O)c1cccc(N2CCN(Cc3ccc(OC(F)F)cc3)[C@H](c3ccccc3)C2)c1. The van der Waals surface area contributed by atoms with E-state index in [1.807, 2.05) is 36.4 Å². The summed E-state index contributed by atoms with van der Waals surface area (Å²) >= 11 is 0. The van der Waals surface area contributed by atoms with Gasteiger partial charge in [-0.05, 0) is 41.5 Å². The molecule has 0 aliphatic carbocycles. The topological polar surface area (TPSA) is 49.9 Å². The van der Waals surface area contributed by atoms with Crippen molar-refractivity contribution in [3.05, 3.63) is 90.0 Å². The first-order chi connectivity index (χ1) is 15.8. The quantitative estimate of drug-likeness (QED) is 0.497. The molecule has 174 valence electrons. The first kappa shape index (κ1) is 23.2. The number of hydrogen-bond donors (Lipinski definition) is 0. The second-order valence-electron chi connectivity index (χ2n) is 8.13. The van der Waals surface area contributed by atoms with Crippen LogP contribution in [0.2, 0.25) is 0 Å². The summed E-state index contributed by atoms with van der Waals surface area (Å²) in [6.07, 6.45) is 1.22. The molecular weight excluding hydrogens is 446 g/mol. The van der Waals surface area contributed by atoms with Gasteiger partial charge in [0.25, 0.3) is 0 Å². The van der Waals surface area contributed by atoms with Crippen molar-refractivity contribution in [1.82, 2.24) is 4.90 Å². The lowest BCUT2D eigenvalue weighted by atomic mass is 10.0. The number of alkyl halides is 2. The number of halogens is 2. The standard InChI is InChI=1S/C25H26F2N2O3S/c1-33(30,31)23-9-5-8-21(16-23)28-14-15-29(24(18-28)20-6-3-2-4-7-20)17-19-10-12-22(13-11-19)32-25(26)27/h2-13,16,24-25H,14-15,17-18H2,1H3/t24-/m0/s1. The van der Waals surface area contributed by atoms with Crippen LogP contribution in [0.5, 0.6) is 5.75 Å². The number of nitrogens with zero attached hydrogens (tertiary/aromatic N) is 2. The first-order valence-electron chi connectivity index (χ1n) is 10.7. The van der Waals surface area contributed by atoms with E-state index < -0.39 is 16.4 Å². The molecule has 0 N–H and O–H groups in total. The van der Waals surface area contributed by atoms with Crippen molar-refractivity contribution in [2.24, 2.45) is 0 Å². The molecule has 0 radical (unpaired) electrons. The molecule has 0 unspecified atom stereocenters. The highest BCUT2D eigenvalue weighted by Gasteiger charge is 2.29. The molecule has 3 aromatic rings. The normalized spacial score (nSPS) is 17.3. The van der Waals surface area contributed by atoms with Crippen LogP contribution >= 0.6 is 0 Å². The minimum atomic E-state index is -3.29. The fourth-order valence-electron chi connectivity index (χ4n) is 4.16.